The smallest absolute Gasteiger partial charge is 0.282 e. The van der Waals surface area contributed by atoms with Gasteiger partial charge in [0.15, 0.2) is 5.01 Å². The number of fused-ring (bicyclic) bond motifs is 2. The van der Waals surface area contributed by atoms with Crippen molar-refractivity contribution in [2.24, 2.45) is 0 Å². The number of benzene rings is 2. The summed E-state index contributed by atoms with van der Waals surface area (Å²) in [5, 5.41) is 11.9. The van der Waals surface area contributed by atoms with Crippen LogP contribution in [-0.2, 0) is 23.0 Å². The van der Waals surface area contributed by atoms with E-state index < -0.39 is 10.0 Å². The molecule has 1 fully saturated rings. The van der Waals surface area contributed by atoms with Crippen molar-refractivity contribution in [2.45, 2.75) is 17.9 Å². The molecule has 3 aromatic rings. The summed E-state index contributed by atoms with van der Waals surface area (Å²) in [5.74, 6) is -0.146. The molecule has 0 atom stereocenters. The Kier molecular flexibility index (Phi) is 8.02. The van der Waals surface area contributed by atoms with Crippen LogP contribution in [0.5, 0.6) is 0 Å². The molecule has 1 N–H and O–H groups in total. The summed E-state index contributed by atoms with van der Waals surface area (Å²) in [5.41, 5.74) is 0.960. The molecule has 0 spiro atoms. The highest BCUT2D eigenvalue weighted by Crippen LogP contribution is 2.28. The quantitative estimate of drug-likeness (QED) is 0.519. The van der Waals surface area contributed by atoms with E-state index in [1.54, 1.807) is 35.2 Å². The fourth-order valence-electron chi connectivity index (χ4n) is 4.44. The van der Waals surface area contributed by atoms with E-state index in [4.69, 9.17) is 11.6 Å². The zero-order valence-electron chi connectivity index (χ0n) is 18.9. The van der Waals surface area contributed by atoms with Crippen LogP contribution in [0.3, 0.4) is 0 Å². The van der Waals surface area contributed by atoms with Gasteiger partial charge in [-0.1, -0.05) is 23.7 Å². The van der Waals surface area contributed by atoms with E-state index >= 15 is 0 Å². The van der Waals surface area contributed by atoms with E-state index in [0.29, 0.717) is 36.2 Å². The molecule has 2 aliphatic heterocycles. The van der Waals surface area contributed by atoms with Gasteiger partial charge in [0.2, 0.25) is 10.0 Å². The minimum absolute atomic E-state index is 0. The second-order valence-corrected chi connectivity index (χ2v) is 11.9. The summed E-state index contributed by atoms with van der Waals surface area (Å²) < 4.78 is 27.9. The number of hydrogen-bond acceptors (Lipinski definition) is 7. The molecule has 2 aromatic carbocycles. The largest absolute Gasteiger partial charge is 0.395 e. The molecule has 12 heteroatoms. The lowest BCUT2D eigenvalue weighted by Gasteiger charge is -2.33. The molecule has 0 saturated carbocycles. The summed E-state index contributed by atoms with van der Waals surface area (Å²) in [7, 11) is -3.67. The standard InChI is InChI=1S/C23H25ClN4O4S2.ClH/c24-18-3-1-17-14-19(4-2-16(17)13-18)34(31,32)28-9-7-27(8-10-28)23(30)22-25-20-5-6-26(11-12-29)15-21(20)33-22;/h1-4,13-14,29H,5-12,15H2;1H. The topological polar surface area (TPSA) is 94.1 Å². The summed E-state index contributed by atoms with van der Waals surface area (Å²) in [4.78, 5) is 22.8. The predicted octanol–water partition coefficient (Wildman–Crippen LogP) is 2.87. The molecule has 188 valence electrons. The van der Waals surface area contributed by atoms with Crippen molar-refractivity contribution in [3.8, 4) is 0 Å². The van der Waals surface area contributed by atoms with Crippen molar-refractivity contribution in [3.63, 3.8) is 0 Å². The maximum Gasteiger partial charge on any atom is 0.282 e. The maximum atomic E-state index is 13.2. The van der Waals surface area contributed by atoms with E-state index in [1.807, 2.05) is 6.07 Å². The van der Waals surface area contributed by atoms with Crippen LogP contribution in [0.1, 0.15) is 20.4 Å². The zero-order valence-corrected chi connectivity index (χ0v) is 22.1. The lowest BCUT2D eigenvalue weighted by atomic mass is 10.1. The van der Waals surface area contributed by atoms with Gasteiger partial charge in [-0.15, -0.1) is 23.7 Å². The number of carbonyl (C=O) groups excluding carboxylic acids is 1. The number of β-amino-alcohol motifs (C(OH)–C–C–N with tert-alkyl or cyclic N) is 1. The number of thiazole rings is 1. The zero-order chi connectivity index (χ0) is 23.9. The number of carbonyl (C=O) groups is 1. The third kappa shape index (κ3) is 5.34. The minimum Gasteiger partial charge on any atom is -0.395 e. The number of nitrogens with zero attached hydrogens (tertiary/aromatic N) is 4. The molecule has 0 unspecified atom stereocenters. The number of sulfonamides is 1. The molecule has 1 saturated heterocycles. The molecule has 35 heavy (non-hydrogen) atoms. The van der Waals surface area contributed by atoms with Crippen LogP contribution in [0, 0.1) is 0 Å². The Balaban J connectivity index is 0.00000289. The fourth-order valence-corrected chi connectivity index (χ4v) is 7.20. The SMILES string of the molecule is Cl.O=C(c1nc2c(s1)CN(CCO)CC2)N1CCN(S(=O)(=O)c2ccc3cc(Cl)ccc3c2)CC1. The highest BCUT2D eigenvalue weighted by atomic mass is 35.5. The molecule has 1 amide bonds. The molecular formula is C23H26Cl2N4O4S2. The van der Waals surface area contributed by atoms with Crippen LogP contribution in [0.15, 0.2) is 41.3 Å². The van der Waals surface area contributed by atoms with Crippen molar-refractivity contribution in [1.29, 1.82) is 0 Å². The van der Waals surface area contributed by atoms with Crippen molar-refractivity contribution >= 4 is 62.0 Å². The monoisotopic (exact) mass is 556 g/mol. The number of hydrogen-bond donors (Lipinski definition) is 1. The van der Waals surface area contributed by atoms with Gasteiger partial charge in [-0.2, -0.15) is 4.31 Å². The van der Waals surface area contributed by atoms with Crippen molar-refractivity contribution < 1.29 is 18.3 Å². The number of piperazine rings is 1. The first kappa shape index (κ1) is 26.3. The summed E-state index contributed by atoms with van der Waals surface area (Å²) in [6.45, 7) is 3.37. The highest BCUT2D eigenvalue weighted by molar-refractivity contribution is 7.89. The number of rotatable bonds is 5. The van der Waals surface area contributed by atoms with E-state index in [-0.39, 0.29) is 42.9 Å². The first-order valence-electron chi connectivity index (χ1n) is 11.2. The van der Waals surface area contributed by atoms with Crippen LogP contribution in [0.4, 0.5) is 0 Å². The number of amides is 1. The molecular weight excluding hydrogens is 531 g/mol. The molecule has 1 aromatic heterocycles. The number of aliphatic hydroxyl groups is 1. The van der Waals surface area contributed by atoms with Gasteiger partial charge >= 0.3 is 0 Å². The molecule has 5 rings (SSSR count). The third-order valence-corrected chi connectivity index (χ3v) is 9.55. The molecule has 0 radical (unpaired) electrons. The normalized spacial score (nSPS) is 17.3. The highest BCUT2D eigenvalue weighted by Gasteiger charge is 2.32. The van der Waals surface area contributed by atoms with Crippen LogP contribution < -0.4 is 0 Å². The summed E-state index contributed by atoms with van der Waals surface area (Å²) in [6.07, 6.45) is 0.767. The first-order valence-corrected chi connectivity index (χ1v) is 13.8. The Hall–Kier alpha value is -1.79. The number of aromatic nitrogens is 1. The lowest BCUT2D eigenvalue weighted by molar-refractivity contribution is 0.0697. The second-order valence-electron chi connectivity index (χ2n) is 8.49. The van der Waals surface area contributed by atoms with Gasteiger partial charge in [0.25, 0.3) is 5.91 Å². The van der Waals surface area contributed by atoms with Gasteiger partial charge in [-0.05, 0) is 35.0 Å². The van der Waals surface area contributed by atoms with E-state index in [2.05, 4.69) is 9.88 Å². The van der Waals surface area contributed by atoms with Crippen LogP contribution >= 0.6 is 35.3 Å². The maximum absolute atomic E-state index is 13.2. The Labute approximate surface area is 219 Å². The van der Waals surface area contributed by atoms with Crippen LogP contribution in [0.2, 0.25) is 5.02 Å². The van der Waals surface area contributed by atoms with Gasteiger partial charge in [-0.3, -0.25) is 9.69 Å². The van der Waals surface area contributed by atoms with Crippen molar-refractivity contribution in [3.05, 3.63) is 57.0 Å². The summed E-state index contributed by atoms with van der Waals surface area (Å²) >= 11 is 7.43. The van der Waals surface area contributed by atoms with Gasteiger partial charge in [-0.25, -0.2) is 13.4 Å². The lowest BCUT2D eigenvalue weighted by Crippen LogP contribution is -2.50. The molecule has 0 bridgehead atoms. The van der Waals surface area contributed by atoms with Crippen molar-refractivity contribution in [2.75, 3.05) is 45.9 Å². The summed E-state index contributed by atoms with van der Waals surface area (Å²) in [6, 6.07) is 10.4. The second kappa shape index (κ2) is 10.7. The number of aliphatic hydroxyl groups excluding tert-OH is 1. The van der Waals surface area contributed by atoms with Crippen molar-refractivity contribution in [1.82, 2.24) is 19.1 Å². The Morgan fingerprint density at radius 1 is 1.06 bits per heavy atom. The molecule has 8 nitrogen and oxygen atoms in total. The van der Waals surface area contributed by atoms with E-state index in [9.17, 15) is 18.3 Å². The van der Waals surface area contributed by atoms with Gasteiger partial charge in [0, 0.05) is 62.1 Å². The van der Waals surface area contributed by atoms with Gasteiger partial charge in [0.05, 0.1) is 17.2 Å². The van der Waals surface area contributed by atoms with Gasteiger partial charge in [0.1, 0.15) is 0 Å². The number of halogens is 2. The van der Waals surface area contributed by atoms with E-state index in [1.165, 1.54) is 15.6 Å². The minimum atomic E-state index is -3.67. The Morgan fingerprint density at radius 3 is 2.51 bits per heavy atom. The molecule has 3 heterocycles. The predicted molar refractivity (Wildman–Crippen MR) is 139 cm³/mol. The average molecular weight is 558 g/mol. The molecule has 2 aliphatic rings. The van der Waals surface area contributed by atoms with E-state index in [0.717, 1.165) is 34.3 Å². The Morgan fingerprint density at radius 2 is 1.77 bits per heavy atom. The fraction of sp³-hybridized carbons (Fsp3) is 0.391. The third-order valence-electron chi connectivity index (χ3n) is 6.35. The van der Waals surface area contributed by atoms with Crippen LogP contribution in [0.25, 0.3) is 10.8 Å². The van der Waals surface area contributed by atoms with Crippen LogP contribution in [-0.4, -0.2) is 84.4 Å². The molecule has 0 aliphatic carbocycles. The average Bonchev–Trinajstić information content (AvgIpc) is 3.27. The van der Waals surface area contributed by atoms with Gasteiger partial charge < -0.3 is 10.0 Å². The first-order chi connectivity index (χ1) is 16.3. The Bertz CT molecular complexity index is 1340.